The van der Waals surface area contributed by atoms with Crippen LogP contribution in [0.2, 0.25) is 0 Å². The van der Waals surface area contributed by atoms with Gasteiger partial charge in [0.15, 0.2) is 5.43 Å². The van der Waals surface area contributed by atoms with Gasteiger partial charge in [0.2, 0.25) is 0 Å². The van der Waals surface area contributed by atoms with Crippen molar-refractivity contribution in [3.8, 4) is 0 Å². The molecular weight excluding hydrogens is 320 g/mol. The maximum Gasteiger partial charge on any atom is 0.259 e. The fraction of sp³-hybridized carbons (Fsp3) is 0.500. The van der Waals surface area contributed by atoms with Crippen LogP contribution < -0.4 is 5.43 Å². The lowest BCUT2D eigenvalue weighted by Gasteiger charge is -2.32. The first-order valence-corrected chi connectivity index (χ1v) is 8.60. The summed E-state index contributed by atoms with van der Waals surface area (Å²) in [4.78, 5) is 26.8. The molecule has 7 nitrogen and oxygen atoms in total. The highest BCUT2D eigenvalue weighted by molar-refractivity contribution is 5.94. The van der Waals surface area contributed by atoms with E-state index in [2.05, 4.69) is 5.10 Å². The number of aromatic nitrogens is 3. The summed E-state index contributed by atoms with van der Waals surface area (Å²) in [6.07, 6.45) is 5.32. The van der Waals surface area contributed by atoms with Crippen LogP contribution >= 0.6 is 0 Å². The van der Waals surface area contributed by atoms with Crippen LogP contribution in [-0.4, -0.2) is 50.0 Å². The van der Waals surface area contributed by atoms with E-state index in [9.17, 15) is 9.59 Å². The van der Waals surface area contributed by atoms with E-state index >= 15 is 0 Å². The van der Waals surface area contributed by atoms with Gasteiger partial charge in [-0.1, -0.05) is 0 Å². The molecule has 0 spiro atoms. The van der Waals surface area contributed by atoms with Crippen LogP contribution in [0.25, 0.3) is 0 Å². The van der Waals surface area contributed by atoms with Crippen LogP contribution in [0.1, 0.15) is 40.5 Å². The van der Waals surface area contributed by atoms with Crippen molar-refractivity contribution < 1.29 is 9.90 Å². The Morgan fingerprint density at radius 3 is 3.00 bits per heavy atom. The number of carbonyl (C=O) groups is 1. The van der Waals surface area contributed by atoms with E-state index in [0.717, 1.165) is 24.2 Å². The molecule has 1 fully saturated rings. The molecule has 3 rings (SSSR count). The highest BCUT2D eigenvalue weighted by Crippen LogP contribution is 2.26. The number of rotatable bonds is 4. The van der Waals surface area contributed by atoms with Gasteiger partial charge in [0.05, 0.1) is 18.8 Å². The summed E-state index contributed by atoms with van der Waals surface area (Å²) in [7, 11) is 1.83. The number of carbonyl (C=O) groups excluding carboxylic acids is 1. The Bertz CT molecular complexity index is 824. The lowest BCUT2D eigenvalue weighted by molar-refractivity contribution is 0.0703. The zero-order valence-electron chi connectivity index (χ0n) is 14.7. The number of hydrogen-bond donors (Lipinski definition) is 1. The van der Waals surface area contributed by atoms with Crippen molar-refractivity contribution >= 4 is 5.91 Å². The number of amides is 1. The second-order valence-electron chi connectivity index (χ2n) is 6.62. The molecule has 0 bridgehead atoms. The van der Waals surface area contributed by atoms with Crippen molar-refractivity contribution in [2.45, 2.75) is 32.2 Å². The van der Waals surface area contributed by atoms with Gasteiger partial charge in [-0.3, -0.25) is 14.3 Å². The zero-order chi connectivity index (χ0) is 18.0. The highest BCUT2D eigenvalue weighted by atomic mass is 16.3. The van der Waals surface area contributed by atoms with Crippen LogP contribution in [0, 0.1) is 6.92 Å². The van der Waals surface area contributed by atoms with Crippen molar-refractivity contribution in [3.63, 3.8) is 0 Å². The number of likely N-dealkylation sites (tertiary alicyclic amines) is 1. The van der Waals surface area contributed by atoms with E-state index in [1.165, 1.54) is 6.07 Å². The molecule has 25 heavy (non-hydrogen) atoms. The van der Waals surface area contributed by atoms with Crippen LogP contribution in [0.15, 0.2) is 29.3 Å². The molecule has 1 aliphatic heterocycles. The van der Waals surface area contributed by atoms with Crippen LogP contribution in [0.3, 0.4) is 0 Å². The third kappa shape index (κ3) is 3.66. The Labute approximate surface area is 146 Å². The zero-order valence-corrected chi connectivity index (χ0v) is 14.7. The summed E-state index contributed by atoms with van der Waals surface area (Å²) in [5.41, 5.74) is 1.75. The summed E-state index contributed by atoms with van der Waals surface area (Å²) >= 11 is 0. The minimum atomic E-state index is -0.227. The number of nitrogens with zero attached hydrogens (tertiary/aromatic N) is 4. The maximum absolute atomic E-state index is 12.8. The molecule has 7 heteroatoms. The smallest absolute Gasteiger partial charge is 0.259 e. The first kappa shape index (κ1) is 17.4. The second-order valence-corrected chi connectivity index (χ2v) is 6.62. The van der Waals surface area contributed by atoms with Gasteiger partial charge >= 0.3 is 0 Å². The van der Waals surface area contributed by atoms with Gasteiger partial charge in [0, 0.05) is 50.2 Å². The monoisotopic (exact) mass is 344 g/mol. The van der Waals surface area contributed by atoms with E-state index in [4.69, 9.17) is 5.11 Å². The minimum absolute atomic E-state index is 0.0487. The normalized spacial score (nSPS) is 17.7. The molecule has 1 aliphatic rings. The van der Waals surface area contributed by atoms with Crippen molar-refractivity contribution in [1.29, 1.82) is 0 Å². The maximum atomic E-state index is 12.8. The molecule has 2 aromatic heterocycles. The molecule has 0 radical (unpaired) electrons. The lowest BCUT2D eigenvalue weighted by atomic mass is 9.94. The topological polar surface area (TPSA) is 80.4 Å². The molecule has 134 valence electrons. The van der Waals surface area contributed by atoms with Crippen LogP contribution in [-0.2, 0) is 13.6 Å². The van der Waals surface area contributed by atoms with E-state index in [-0.39, 0.29) is 29.4 Å². The van der Waals surface area contributed by atoms with E-state index in [0.29, 0.717) is 19.6 Å². The third-order valence-electron chi connectivity index (χ3n) is 4.83. The fourth-order valence-electron chi connectivity index (χ4n) is 3.28. The minimum Gasteiger partial charge on any atom is -0.394 e. The van der Waals surface area contributed by atoms with Gasteiger partial charge in [-0.15, -0.1) is 0 Å². The van der Waals surface area contributed by atoms with Crippen molar-refractivity contribution in [2.75, 3.05) is 19.7 Å². The van der Waals surface area contributed by atoms with E-state index in [1.807, 2.05) is 26.2 Å². The average Bonchev–Trinajstić information content (AvgIpc) is 3.07. The Morgan fingerprint density at radius 1 is 1.44 bits per heavy atom. The third-order valence-corrected chi connectivity index (χ3v) is 4.83. The first-order valence-electron chi connectivity index (χ1n) is 8.60. The van der Waals surface area contributed by atoms with Gasteiger partial charge in [0.1, 0.15) is 5.56 Å². The van der Waals surface area contributed by atoms with E-state index in [1.54, 1.807) is 20.3 Å². The highest BCUT2D eigenvalue weighted by Gasteiger charge is 2.28. The van der Waals surface area contributed by atoms with Gasteiger partial charge in [-0.25, -0.2) is 0 Å². The SMILES string of the molecule is Cc1cc(=O)c(C(=O)N2CCC[C@@H](c3ccn(CCO)n3)C2)cn1C. The number of pyridine rings is 1. The predicted molar refractivity (Wildman–Crippen MR) is 93.6 cm³/mol. The van der Waals surface area contributed by atoms with Crippen molar-refractivity contribution in [1.82, 2.24) is 19.2 Å². The number of aliphatic hydroxyl groups excluding tert-OH is 1. The summed E-state index contributed by atoms with van der Waals surface area (Å²) in [5.74, 6) is -0.0490. The standard InChI is InChI=1S/C18H24N4O3/c1-13-10-17(24)15(12-20(13)2)18(25)21-6-3-4-14(11-21)16-5-7-22(19-16)8-9-23/h5,7,10,12,14,23H,3-4,6,8-9,11H2,1-2H3/t14-/m1/s1. The van der Waals surface area contributed by atoms with Crippen molar-refractivity contribution in [3.05, 3.63) is 51.7 Å². The molecule has 1 atom stereocenters. The quantitative estimate of drug-likeness (QED) is 0.894. The molecule has 3 heterocycles. The fourth-order valence-corrected chi connectivity index (χ4v) is 3.28. The van der Waals surface area contributed by atoms with E-state index < -0.39 is 0 Å². The predicted octanol–water partition coefficient (Wildman–Crippen LogP) is 0.902. The van der Waals surface area contributed by atoms with Gasteiger partial charge in [-0.05, 0) is 25.8 Å². The molecule has 0 unspecified atom stereocenters. The molecule has 0 saturated carbocycles. The number of piperidine rings is 1. The summed E-state index contributed by atoms with van der Waals surface area (Å²) in [6.45, 7) is 3.58. The summed E-state index contributed by atoms with van der Waals surface area (Å²) in [6, 6.07) is 3.45. The van der Waals surface area contributed by atoms with Crippen molar-refractivity contribution in [2.24, 2.45) is 7.05 Å². The Morgan fingerprint density at radius 2 is 2.24 bits per heavy atom. The average molecular weight is 344 g/mol. The molecule has 1 N–H and O–H groups in total. The summed E-state index contributed by atoms with van der Waals surface area (Å²) < 4.78 is 3.51. The number of hydrogen-bond acceptors (Lipinski definition) is 4. The lowest BCUT2D eigenvalue weighted by Crippen LogP contribution is -2.41. The Balaban J connectivity index is 1.77. The Hall–Kier alpha value is -2.41. The summed E-state index contributed by atoms with van der Waals surface area (Å²) in [5, 5.41) is 13.5. The van der Waals surface area contributed by atoms with Crippen LogP contribution in [0.5, 0.6) is 0 Å². The number of aliphatic hydroxyl groups is 1. The molecule has 1 saturated heterocycles. The number of aryl methyl sites for hydroxylation is 2. The first-order chi connectivity index (χ1) is 12.0. The van der Waals surface area contributed by atoms with Gasteiger partial charge < -0.3 is 14.6 Å². The molecule has 1 amide bonds. The van der Waals surface area contributed by atoms with Gasteiger partial charge in [0.25, 0.3) is 5.91 Å². The largest absolute Gasteiger partial charge is 0.394 e. The van der Waals surface area contributed by atoms with Crippen LogP contribution in [0.4, 0.5) is 0 Å². The molecule has 0 aromatic carbocycles. The Kier molecular flexibility index (Phi) is 5.03. The second kappa shape index (κ2) is 7.23. The molecule has 0 aliphatic carbocycles. The molecular formula is C18H24N4O3. The van der Waals surface area contributed by atoms with Gasteiger partial charge in [-0.2, -0.15) is 5.10 Å². The molecule has 2 aromatic rings.